The number of sulfonamides is 1. The fraction of sp³-hybridized carbons (Fsp3) is 0.444. The molecule has 1 N–H and O–H groups in total. The Morgan fingerprint density at radius 3 is 2.46 bits per heavy atom. The van der Waals surface area contributed by atoms with Gasteiger partial charge in [-0.25, -0.2) is 13.2 Å². The quantitative estimate of drug-likeness (QED) is 0.263. The zero-order chi connectivity index (χ0) is 27.5. The number of halogens is 1. The van der Waals surface area contributed by atoms with Gasteiger partial charge in [-0.1, -0.05) is 25.4 Å². The van der Waals surface area contributed by atoms with E-state index in [4.69, 9.17) is 21.1 Å². The van der Waals surface area contributed by atoms with E-state index in [0.717, 1.165) is 15.6 Å². The maximum atomic E-state index is 13.8. The molecule has 3 aromatic rings. The van der Waals surface area contributed by atoms with Crippen molar-refractivity contribution in [3.05, 3.63) is 52.5 Å². The molecule has 10 heteroatoms. The second-order valence-corrected chi connectivity index (χ2v) is 13.1. The van der Waals surface area contributed by atoms with Crippen LogP contribution in [0.3, 0.4) is 0 Å². The average molecular weight is 568 g/mol. The maximum Gasteiger partial charge on any atom is 0.347 e. The Hall–Kier alpha value is -2.33. The van der Waals surface area contributed by atoms with Crippen molar-refractivity contribution in [2.24, 2.45) is 0 Å². The minimum absolute atomic E-state index is 0.199. The Kier molecular flexibility index (Phi) is 9.16. The average Bonchev–Trinajstić information content (AvgIpc) is 3.16. The summed E-state index contributed by atoms with van der Waals surface area (Å²) in [6.07, 6.45) is 0.878. The van der Waals surface area contributed by atoms with E-state index in [0.29, 0.717) is 45.7 Å². The van der Waals surface area contributed by atoms with Gasteiger partial charge in [0.25, 0.3) is 10.0 Å². The monoisotopic (exact) mass is 567 g/mol. The van der Waals surface area contributed by atoms with Crippen molar-refractivity contribution in [2.45, 2.75) is 70.3 Å². The minimum Gasteiger partial charge on any atom is -0.489 e. The highest BCUT2D eigenvalue weighted by molar-refractivity contribution is 7.91. The van der Waals surface area contributed by atoms with Crippen molar-refractivity contribution in [3.63, 3.8) is 0 Å². The lowest BCUT2D eigenvalue weighted by Crippen LogP contribution is -2.40. The lowest BCUT2D eigenvalue weighted by molar-refractivity contribution is -0.152. The van der Waals surface area contributed by atoms with Gasteiger partial charge in [-0.3, -0.25) is 0 Å². The number of carboxylic acids is 1. The molecule has 7 nitrogen and oxygen atoms in total. The third-order valence-corrected chi connectivity index (χ3v) is 10.1. The predicted octanol–water partition coefficient (Wildman–Crippen LogP) is 6.67. The van der Waals surface area contributed by atoms with Crippen LogP contribution in [-0.4, -0.2) is 48.6 Å². The first-order chi connectivity index (χ1) is 17.3. The first-order valence-corrected chi connectivity index (χ1v) is 14.8. The van der Waals surface area contributed by atoms with E-state index in [1.54, 1.807) is 30.3 Å². The van der Waals surface area contributed by atoms with Crippen LogP contribution < -0.4 is 9.47 Å². The highest BCUT2D eigenvalue weighted by Crippen LogP contribution is 2.37. The van der Waals surface area contributed by atoms with E-state index in [1.807, 2.05) is 33.8 Å². The van der Waals surface area contributed by atoms with Gasteiger partial charge in [0.2, 0.25) is 0 Å². The molecule has 0 aliphatic rings. The molecule has 0 saturated carbocycles. The Morgan fingerprint density at radius 2 is 1.86 bits per heavy atom. The van der Waals surface area contributed by atoms with Crippen LogP contribution in [0.4, 0.5) is 0 Å². The molecule has 3 rings (SSSR count). The summed E-state index contributed by atoms with van der Waals surface area (Å²) in [5.74, 6) is -0.0536. The fourth-order valence-electron chi connectivity index (χ4n) is 3.89. The first-order valence-electron chi connectivity index (χ1n) is 12.2. The Labute approximate surface area is 228 Å². The van der Waals surface area contributed by atoms with Crippen LogP contribution in [0.15, 0.2) is 40.6 Å². The van der Waals surface area contributed by atoms with Crippen molar-refractivity contribution < 1.29 is 27.8 Å². The summed E-state index contributed by atoms with van der Waals surface area (Å²) in [6.45, 7) is 11.1. The molecule has 0 spiro atoms. The van der Waals surface area contributed by atoms with Crippen LogP contribution in [0.2, 0.25) is 5.02 Å². The van der Waals surface area contributed by atoms with E-state index >= 15 is 0 Å². The van der Waals surface area contributed by atoms with Crippen LogP contribution >= 0.6 is 22.9 Å². The number of benzene rings is 2. The molecule has 1 aromatic heterocycles. The molecule has 0 radical (unpaired) electrons. The predicted molar refractivity (Wildman–Crippen MR) is 149 cm³/mol. The molecule has 0 bridgehead atoms. The van der Waals surface area contributed by atoms with Crippen LogP contribution in [0.1, 0.15) is 51.7 Å². The Morgan fingerprint density at radius 1 is 1.16 bits per heavy atom. The normalized spacial score (nSPS) is 13.2. The fourth-order valence-corrected chi connectivity index (χ4v) is 7.51. The number of carbonyl (C=O) groups is 1. The van der Waals surface area contributed by atoms with E-state index in [2.05, 4.69) is 0 Å². The van der Waals surface area contributed by atoms with Gasteiger partial charge in [0, 0.05) is 16.3 Å². The molecule has 0 aliphatic heterocycles. The Bertz CT molecular complexity index is 1380. The van der Waals surface area contributed by atoms with Gasteiger partial charge in [0.15, 0.2) is 5.60 Å². The molecule has 0 fully saturated rings. The molecule has 1 unspecified atom stereocenters. The summed E-state index contributed by atoms with van der Waals surface area (Å²) >= 11 is 7.41. The van der Waals surface area contributed by atoms with Gasteiger partial charge in [-0.15, -0.1) is 11.3 Å². The second-order valence-electron chi connectivity index (χ2n) is 9.51. The molecular formula is C27H34ClNO6S2. The van der Waals surface area contributed by atoms with Gasteiger partial charge >= 0.3 is 5.97 Å². The molecule has 2 aromatic carbocycles. The third-order valence-electron chi connectivity index (χ3n) is 6.09. The maximum absolute atomic E-state index is 13.8. The van der Waals surface area contributed by atoms with Gasteiger partial charge in [0.05, 0.1) is 6.54 Å². The lowest BCUT2D eigenvalue weighted by atomic mass is 10.1. The summed E-state index contributed by atoms with van der Waals surface area (Å²) in [5.41, 5.74) is 0.0526. The molecule has 0 amide bonds. The van der Waals surface area contributed by atoms with Crippen LogP contribution in [0, 0.1) is 13.8 Å². The number of nitrogens with zero attached hydrogens (tertiary/aromatic N) is 1. The van der Waals surface area contributed by atoms with Crippen molar-refractivity contribution in [1.82, 2.24) is 4.31 Å². The smallest absolute Gasteiger partial charge is 0.347 e. The van der Waals surface area contributed by atoms with Crippen LogP contribution in [-0.2, 0) is 14.8 Å². The molecule has 37 heavy (non-hydrogen) atoms. The summed E-state index contributed by atoms with van der Waals surface area (Å²) in [6, 6.07) is 10.6. The second kappa shape index (κ2) is 11.6. The van der Waals surface area contributed by atoms with Gasteiger partial charge in [0.1, 0.15) is 21.8 Å². The first kappa shape index (κ1) is 29.2. The van der Waals surface area contributed by atoms with Crippen molar-refractivity contribution in [2.75, 3.05) is 13.1 Å². The van der Waals surface area contributed by atoms with Crippen LogP contribution in [0.5, 0.6) is 11.5 Å². The molecule has 1 heterocycles. The highest BCUT2D eigenvalue weighted by atomic mass is 35.5. The molecule has 202 valence electrons. The number of aliphatic carboxylic acids is 1. The van der Waals surface area contributed by atoms with Crippen molar-refractivity contribution in [1.29, 1.82) is 0 Å². The van der Waals surface area contributed by atoms with E-state index in [1.165, 1.54) is 29.5 Å². The molecule has 0 saturated heterocycles. The largest absolute Gasteiger partial charge is 0.489 e. The number of hydrogen-bond acceptors (Lipinski definition) is 6. The van der Waals surface area contributed by atoms with Crippen LogP contribution in [0.25, 0.3) is 10.1 Å². The van der Waals surface area contributed by atoms with Crippen molar-refractivity contribution >= 4 is 49.0 Å². The number of aryl methyl sites for hydroxylation is 2. The summed E-state index contributed by atoms with van der Waals surface area (Å²) < 4.78 is 42.1. The number of hydrogen-bond donors (Lipinski definition) is 1. The number of rotatable bonds is 12. The Balaban J connectivity index is 1.83. The van der Waals surface area contributed by atoms with E-state index in [-0.39, 0.29) is 12.6 Å². The summed E-state index contributed by atoms with van der Waals surface area (Å²) in [5, 5.41) is 10.8. The number of ether oxygens (including phenoxy) is 2. The standard InChI is InChI=1S/C27H34ClNO6S2/c1-7-13-29(37(32,33)25-18(4)22-15-19(28)9-12-24(22)36-25)16-20(8-2)34-21-10-11-23(17(3)14-21)35-27(5,6)26(30)31/h9-12,14-15,20H,7-8,13,16H2,1-6H3,(H,30,31). The number of thiophene rings is 1. The highest BCUT2D eigenvalue weighted by Gasteiger charge is 2.32. The van der Waals surface area contributed by atoms with E-state index < -0.39 is 21.6 Å². The molecular weight excluding hydrogens is 534 g/mol. The zero-order valence-corrected chi connectivity index (χ0v) is 24.4. The van der Waals surface area contributed by atoms with Gasteiger partial charge in [-0.05, 0) is 93.4 Å². The number of fused-ring (bicyclic) bond motifs is 1. The third kappa shape index (κ3) is 6.57. The molecule has 1 atom stereocenters. The van der Waals surface area contributed by atoms with E-state index in [9.17, 15) is 18.3 Å². The number of carboxylic acid groups (broad SMARTS) is 1. The van der Waals surface area contributed by atoms with Crippen molar-refractivity contribution in [3.8, 4) is 11.5 Å². The zero-order valence-electron chi connectivity index (χ0n) is 22.0. The summed E-state index contributed by atoms with van der Waals surface area (Å²) in [4.78, 5) is 11.4. The topological polar surface area (TPSA) is 93.1 Å². The van der Waals surface area contributed by atoms with Gasteiger partial charge < -0.3 is 14.6 Å². The SMILES string of the molecule is CCCN(CC(CC)Oc1ccc(OC(C)(C)C(=O)O)c(C)c1)S(=O)(=O)c1sc2ccc(Cl)cc2c1C. The van der Waals surface area contributed by atoms with Gasteiger partial charge in [-0.2, -0.15) is 4.31 Å². The minimum atomic E-state index is -3.76. The lowest BCUT2D eigenvalue weighted by Gasteiger charge is -2.27. The summed E-state index contributed by atoms with van der Waals surface area (Å²) in [7, 11) is -3.76. The molecule has 0 aliphatic carbocycles.